The summed E-state index contributed by atoms with van der Waals surface area (Å²) in [6, 6.07) is 2.48. The Hall–Kier alpha value is -2.26. The van der Waals surface area contributed by atoms with Crippen molar-refractivity contribution in [2.24, 2.45) is 7.05 Å². The Morgan fingerprint density at radius 3 is 2.52 bits per heavy atom. The normalized spacial score (nSPS) is 11.9. The van der Waals surface area contributed by atoms with Crippen LogP contribution in [0.3, 0.4) is 0 Å². The van der Waals surface area contributed by atoms with Crippen molar-refractivity contribution in [2.45, 2.75) is 25.3 Å². The zero-order valence-electron chi connectivity index (χ0n) is 13.3. The topological polar surface area (TPSA) is 98.3 Å². The maximum absolute atomic E-state index is 12.8. The zero-order valence-corrected chi connectivity index (χ0v) is 14.2. The van der Waals surface area contributed by atoms with E-state index in [0.29, 0.717) is 11.1 Å². The van der Waals surface area contributed by atoms with Crippen LogP contribution in [0.4, 0.5) is 5.69 Å². The number of nitro benzene ring substituents is 1. The molecule has 2 aromatic rings. The Labute approximate surface area is 134 Å². The van der Waals surface area contributed by atoms with Crippen molar-refractivity contribution in [1.29, 1.82) is 0 Å². The molecule has 0 amide bonds. The molecule has 0 bridgehead atoms. The number of nitrogens with zero attached hydrogens (tertiary/aromatic N) is 4. The van der Waals surface area contributed by atoms with Crippen LogP contribution in [0, 0.1) is 24.0 Å². The largest absolute Gasteiger partial charge is 0.275 e. The van der Waals surface area contributed by atoms with Gasteiger partial charge in [-0.1, -0.05) is 0 Å². The third-order valence-corrected chi connectivity index (χ3v) is 5.60. The van der Waals surface area contributed by atoms with Crippen LogP contribution in [0.15, 0.2) is 29.4 Å². The molecule has 1 aromatic heterocycles. The first-order chi connectivity index (χ1) is 10.6. The van der Waals surface area contributed by atoms with Crippen LogP contribution in [0.1, 0.15) is 16.7 Å². The van der Waals surface area contributed by atoms with Gasteiger partial charge >= 0.3 is 0 Å². The van der Waals surface area contributed by atoms with Crippen LogP contribution in [0.2, 0.25) is 0 Å². The molecule has 0 atom stereocenters. The Balaban J connectivity index is 2.44. The number of nitro groups is 1. The van der Waals surface area contributed by atoms with Gasteiger partial charge in [-0.05, 0) is 25.0 Å². The lowest BCUT2D eigenvalue weighted by Gasteiger charge is -2.18. The van der Waals surface area contributed by atoms with E-state index in [4.69, 9.17) is 0 Å². The first kappa shape index (κ1) is 17.1. The Morgan fingerprint density at radius 2 is 2.00 bits per heavy atom. The highest BCUT2D eigenvalue weighted by Crippen LogP contribution is 2.27. The molecule has 0 fully saturated rings. The number of hydrogen-bond donors (Lipinski definition) is 0. The molecule has 0 radical (unpaired) electrons. The summed E-state index contributed by atoms with van der Waals surface area (Å²) >= 11 is 0. The van der Waals surface area contributed by atoms with Crippen LogP contribution < -0.4 is 0 Å². The van der Waals surface area contributed by atoms with E-state index in [-0.39, 0.29) is 17.1 Å². The average Bonchev–Trinajstić information content (AvgIpc) is 2.86. The summed E-state index contributed by atoms with van der Waals surface area (Å²) in [6.45, 7) is 3.43. The quantitative estimate of drug-likeness (QED) is 0.611. The lowest BCUT2D eigenvalue weighted by Crippen LogP contribution is -2.27. The smallest absolute Gasteiger partial charge is 0.271 e. The molecule has 0 spiro atoms. The third kappa shape index (κ3) is 3.40. The van der Waals surface area contributed by atoms with Crippen molar-refractivity contribution >= 4 is 15.7 Å². The first-order valence-electron chi connectivity index (χ1n) is 6.82. The highest BCUT2D eigenvalue weighted by Gasteiger charge is 2.26. The van der Waals surface area contributed by atoms with Gasteiger partial charge in [0.2, 0.25) is 10.0 Å². The Morgan fingerprint density at radius 1 is 1.35 bits per heavy atom. The predicted molar refractivity (Wildman–Crippen MR) is 84.4 cm³/mol. The summed E-state index contributed by atoms with van der Waals surface area (Å²) in [4.78, 5) is 10.4. The molecule has 9 heteroatoms. The molecular formula is C14H18N4O4S. The Bertz CT molecular complexity index is 858. The van der Waals surface area contributed by atoms with Crippen molar-refractivity contribution in [3.8, 4) is 0 Å². The number of sulfonamides is 1. The van der Waals surface area contributed by atoms with Gasteiger partial charge in [-0.3, -0.25) is 14.8 Å². The van der Waals surface area contributed by atoms with Gasteiger partial charge < -0.3 is 0 Å². The molecule has 23 heavy (non-hydrogen) atoms. The number of aromatic nitrogens is 2. The number of hydrogen-bond acceptors (Lipinski definition) is 5. The SMILES string of the molecule is Cc1cc([N+](=O)[O-])cc(S(=O)(=O)N(C)Cc2cnn(C)c2)c1C. The summed E-state index contributed by atoms with van der Waals surface area (Å²) in [5.74, 6) is 0. The van der Waals surface area contributed by atoms with Crippen LogP contribution in [0.25, 0.3) is 0 Å². The second-order valence-electron chi connectivity index (χ2n) is 5.43. The monoisotopic (exact) mass is 338 g/mol. The standard InChI is InChI=1S/C14H18N4O4S/c1-10-5-13(18(19)20)6-14(11(10)2)23(21,22)17(4)9-12-7-15-16(3)8-12/h5-8H,9H2,1-4H3. The number of non-ortho nitro benzene ring substituents is 1. The fourth-order valence-electron chi connectivity index (χ4n) is 2.25. The van der Waals surface area contributed by atoms with Gasteiger partial charge in [-0.15, -0.1) is 0 Å². The zero-order chi connectivity index (χ0) is 17.4. The predicted octanol–water partition coefficient (Wildman–Crippen LogP) is 1.77. The van der Waals surface area contributed by atoms with Gasteiger partial charge in [-0.25, -0.2) is 8.42 Å². The fraction of sp³-hybridized carbons (Fsp3) is 0.357. The minimum absolute atomic E-state index is 0.0457. The lowest BCUT2D eigenvalue weighted by molar-refractivity contribution is -0.385. The van der Waals surface area contributed by atoms with Gasteiger partial charge in [-0.2, -0.15) is 9.40 Å². The molecule has 0 aliphatic rings. The van der Waals surface area contributed by atoms with E-state index < -0.39 is 14.9 Å². The molecule has 8 nitrogen and oxygen atoms in total. The molecule has 0 aliphatic carbocycles. The van der Waals surface area contributed by atoms with E-state index in [1.54, 1.807) is 38.0 Å². The van der Waals surface area contributed by atoms with Crippen LogP contribution >= 0.6 is 0 Å². The van der Waals surface area contributed by atoms with E-state index >= 15 is 0 Å². The van der Waals surface area contributed by atoms with Gasteiger partial charge in [0.05, 0.1) is 16.0 Å². The van der Waals surface area contributed by atoms with Crippen molar-refractivity contribution in [2.75, 3.05) is 7.05 Å². The van der Waals surface area contributed by atoms with E-state index in [1.165, 1.54) is 13.1 Å². The summed E-state index contributed by atoms with van der Waals surface area (Å²) in [5.41, 5.74) is 1.57. The molecule has 124 valence electrons. The molecule has 0 aliphatic heterocycles. The number of aryl methyl sites for hydroxylation is 2. The lowest BCUT2D eigenvalue weighted by atomic mass is 10.1. The first-order valence-corrected chi connectivity index (χ1v) is 8.26. The van der Waals surface area contributed by atoms with Crippen molar-refractivity contribution in [3.05, 3.63) is 51.3 Å². The summed E-state index contributed by atoms with van der Waals surface area (Å²) in [5, 5.41) is 15.0. The highest BCUT2D eigenvalue weighted by molar-refractivity contribution is 7.89. The van der Waals surface area contributed by atoms with Crippen molar-refractivity contribution in [3.63, 3.8) is 0 Å². The van der Waals surface area contributed by atoms with Gasteiger partial charge in [0.25, 0.3) is 5.69 Å². The van der Waals surface area contributed by atoms with Gasteiger partial charge in [0.15, 0.2) is 0 Å². The molecule has 0 unspecified atom stereocenters. The molecule has 1 aromatic carbocycles. The minimum Gasteiger partial charge on any atom is -0.275 e. The fourth-order valence-corrected chi connectivity index (χ4v) is 3.72. The number of rotatable bonds is 5. The second kappa shape index (κ2) is 6.09. The average molecular weight is 338 g/mol. The third-order valence-electron chi connectivity index (χ3n) is 3.67. The van der Waals surface area contributed by atoms with E-state index in [9.17, 15) is 18.5 Å². The van der Waals surface area contributed by atoms with Crippen LogP contribution in [-0.2, 0) is 23.6 Å². The molecular weight excluding hydrogens is 320 g/mol. The van der Waals surface area contributed by atoms with Crippen LogP contribution in [-0.4, -0.2) is 34.5 Å². The van der Waals surface area contributed by atoms with Crippen molar-refractivity contribution < 1.29 is 13.3 Å². The van der Waals surface area contributed by atoms with Gasteiger partial charge in [0, 0.05) is 44.5 Å². The maximum atomic E-state index is 12.8. The van der Waals surface area contributed by atoms with E-state index in [2.05, 4.69) is 5.10 Å². The maximum Gasteiger partial charge on any atom is 0.271 e. The van der Waals surface area contributed by atoms with E-state index in [1.807, 2.05) is 0 Å². The summed E-state index contributed by atoms with van der Waals surface area (Å²) < 4.78 is 28.3. The molecule has 0 saturated heterocycles. The Kier molecular flexibility index (Phi) is 4.53. The highest BCUT2D eigenvalue weighted by atomic mass is 32.2. The molecule has 1 heterocycles. The summed E-state index contributed by atoms with van der Waals surface area (Å²) in [7, 11) is -0.663. The van der Waals surface area contributed by atoms with Gasteiger partial charge in [0.1, 0.15) is 0 Å². The summed E-state index contributed by atoms with van der Waals surface area (Å²) in [6.07, 6.45) is 3.30. The molecule has 2 rings (SSSR count). The molecule has 0 saturated carbocycles. The number of benzene rings is 1. The minimum atomic E-state index is -3.85. The second-order valence-corrected chi connectivity index (χ2v) is 7.44. The van der Waals surface area contributed by atoms with Crippen LogP contribution in [0.5, 0.6) is 0 Å². The van der Waals surface area contributed by atoms with E-state index in [0.717, 1.165) is 15.9 Å². The van der Waals surface area contributed by atoms with Crippen molar-refractivity contribution in [1.82, 2.24) is 14.1 Å². The molecule has 0 N–H and O–H groups in total.